The Morgan fingerprint density at radius 1 is 1.13 bits per heavy atom. The molecule has 0 saturated carbocycles. The molecule has 3 aliphatic heterocycles. The van der Waals surface area contributed by atoms with Gasteiger partial charge in [-0.2, -0.15) is 0 Å². The van der Waals surface area contributed by atoms with Crippen LogP contribution in [-0.2, 0) is 11.3 Å². The molecule has 7 nitrogen and oxygen atoms in total. The van der Waals surface area contributed by atoms with E-state index in [2.05, 4.69) is 10.2 Å². The molecule has 1 amide bonds. The fourth-order valence-corrected chi connectivity index (χ4v) is 3.95. The van der Waals surface area contributed by atoms with E-state index in [0.717, 1.165) is 50.4 Å². The monoisotopic (exact) mass is 317 g/mol. The molecular formula is C16H23N5O2. The quantitative estimate of drug-likeness (QED) is 0.789. The number of likely N-dealkylation sites (tertiary alicyclic amines) is 1. The maximum Gasteiger partial charge on any atom is 0.252 e. The number of nitrogens with one attached hydrogen (secondary N) is 1. The van der Waals surface area contributed by atoms with Gasteiger partial charge in [0, 0.05) is 25.2 Å². The van der Waals surface area contributed by atoms with E-state index < -0.39 is 0 Å². The van der Waals surface area contributed by atoms with Crippen LogP contribution in [0.3, 0.4) is 0 Å². The van der Waals surface area contributed by atoms with E-state index >= 15 is 0 Å². The van der Waals surface area contributed by atoms with Gasteiger partial charge in [0.15, 0.2) is 0 Å². The van der Waals surface area contributed by atoms with Crippen molar-refractivity contribution in [2.45, 2.75) is 37.9 Å². The molecule has 0 unspecified atom stereocenters. The second-order valence-electron chi connectivity index (χ2n) is 6.76. The molecule has 0 radical (unpaired) electrons. The van der Waals surface area contributed by atoms with E-state index in [1.54, 1.807) is 16.7 Å². The minimum absolute atomic E-state index is 0.0346. The van der Waals surface area contributed by atoms with Crippen molar-refractivity contribution in [2.24, 2.45) is 5.73 Å². The number of amides is 1. The Kier molecular flexibility index (Phi) is 3.61. The molecule has 3 N–H and O–H groups in total. The van der Waals surface area contributed by atoms with E-state index in [9.17, 15) is 9.59 Å². The molecule has 1 aromatic heterocycles. The largest absolute Gasteiger partial charge is 0.373 e. The van der Waals surface area contributed by atoms with Crippen molar-refractivity contribution < 1.29 is 4.79 Å². The average Bonchev–Trinajstić information content (AvgIpc) is 2.56. The van der Waals surface area contributed by atoms with Gasteiger partial charge in [-0.25, -0.2) is 0 Å². The summed E-state index contributed by atoms with van der Waals surface area (Å²) in [7, 11) is 0. The van der Waals surface area contributed by atoms with Gasteiger partial charge in [0.25, 0.3) is 5.56 Å². The highest BCUT2D eigenvalue weighted by molar-refractivity contribution is 6.02. The summed E-state index contributed by atoms with van der Waals surface area (Å²) in [6.07, 6.45) is 2.86. The summed E-state index contributed by atoms with van der Waals surface area (Å²) >= 11 is 0. The molecule has 4 heterocycles. The summed E-state index contributed by atoms with van der Waals surface area (Å²) in [4.78, 5) is 28.9. The van der Waals surface area contributed by atoms with Crippen LogP contribution in [-0.4, -0.2) is 53.6 Å². The molecule has 0 aliphatic carbocycles. The van der Waals surface area contributed by atoms with Gasteiger partial charge >= 0.3 is 0 Å². The SMILES string of the molecule is NC1CCN(C[C@@H]2CCn3c4c(ccc3=O)NCC(=O)N42)CC1. The number of rotatable bonds is 2. The maximum absolute atomic E-state index is 12.5. The number of nitrogens with zero attached hydrogens (tertiary/aromatic N) is 3. The Balaban J connectivity index is 1.62. The molecular weight excluding hydrogens is 294 g/mol. The van der Waals surface area contributed by atoms with Gasteiger partial charge in [-0.15, -0.1) is 0 Å². The third-order valence-electron chi connectivity index (χ3n) is 5.23. The zero-order valence-corrected chi connectivity index (χ0v) is 13.2. The molecule has 3 aliphatic rings. The lowest BCUT2D eigenvalue weighted by Crippen LogP contribution is -2.56. The Bertz CT molecular complexity index is 678. The van der Waals surface area contributed by atoms with E-state index in [-0.39, 0.29) is 17.5 Å². The molecule has 0 spiro atoms. The van der Waals surface area contributed by atoms with Crippen LogP contribution in [0.5, 0.6) is 0 Å². The topological polar surface area (TPSA) is 83.6 Å². The number of piperidine rings is 1. The first-order chi connectivity index (χ1) is 11.1. The Hall–Kier alpha value is -1.86. The number of carbonyl (C=O) groups excluding carboxylic acids is 1. The van der Waals surface area contributed by atoms with Crippen LogP contribution in [0.2, 0.25) is 0 Å². The van der Waals surface area contributed by atoms with Crippen LogP contribution in [0.4, 0.5) is 11.5 Å². The summed E-state index contributed by atoms with van der Waals surface area (Å²) in [5.74, 6) is 0.800. The predicted octanol–water partition coefficient (Wildman–Crippen LogP) is -0.198. The van der Waals surface area contributed by atoms with Gasteiger partial charge in [-0.3, -0.25) is 19.1 Å². The summed E-state index contributed by atoms with van der Waals surface area (Å²) in [5.41, 5.74) is 6.83. The maximum atomic E-state index is 12.5. The first-order valence-electron chi connectivity index (χ1n) is 8.41. The van der Waals surface area contributed by atoms with Crippen molar-refractivity contribution >= 4 is 17.4 Å². The zero-order chi connectivity index (χ0) is 16.0. The normalized spacial score (nSPS) is 25.2. The standard InChI is InChI=1S/C16H23N5O2/c17-11-3-6-19(7-4-11)10-12-5-8-20-14(22)2-1-13-16(20)21(12)15(23)9-18-13/h1-2,11-12,18H,3-10,17H2/t12-/m0/s1. The molecule has 4 rings (SSSR count). The molecule has 1 fully saturated rings. The Labute approximate surface area is 135 Å². The highest BCUT2D eigenvalue weighted by Gasteiger charge is 2.37. The predicted molar refractivity (Wildman–Crippen MR) is 88.7 cm³/mol. The smallest absolute Gasteiger partial charge is 0.252 e. The van der Waals surface area contributed by atoms with Crippen molar-refractivity contribution in [3.05, 3.63) is 22.5 Å². The first-order valence-corrected chi connectivity index (χ1v) is 8.41. The Morgan fingerprint density at radius 3 is 2.70 bits per heavy atom. The van der Waals surface area contributed by atoms with Gasteiger partial charge in [0.2, 0.25) is 5.91 Å². The minimum atomic E-state index is -0.0346. The number of nitrogens with two attached hydrogens (primary N) is 1. The molecule has 1 saturated heterocycles. The van der Waals surface area contributed by atoms with Gasteiger partial charge < -0.3 is 16.0 Å². The number of anilines is 2. The van der Waals surface area contributed by atoms with Crippen molar-refractivity contribution in [3.63, 3.8) is 0 Å². The molecule has 1 atom stereocenters. The second kappa shape index (κ2) is 5.65. The second-order valence-corrected chi connectivity index (χ2v) is 6.76. The number of pyridine rings is 1. The lowest BCUT2D eigenvalue weighted by molar-refractivity contribution is -0.118. The highest BCUT2D eigenvalue weighted by Crippen LogP contribution is 2.34. The van der Waals surface area contributed by atoms with Crippen LogP contribution < -0.4 is 21.5 Å². The molecule has 0 aromatic carbocycles. The van der Waals surface area contributed by atoms with E-state index in [1.165, 1.54) is 0 Å². The zero-order valence-electron chi connectivity index (χ0n) is 13.2. The van der Waals surface area contributed by atoms with Crippen molar-refractivity contribution in [1.82, 2.24) is 9.47 Å². The third kappa shape index (κ3) is 2.53. The fourth-order valence-electron chi connectivity index (χ4n) is 3.95. The van der Waals surface area contributed by atoms with Crippen LogP contribution in [0.25, 0.3) is 0 Å². The van der Waals surface area contributed by atoms with Crippen LogP contribution in [0.1, 0.15) is 19.3 Å². The summed E-state index contributed by atoms with van der Waals surface area (Å²) in [6.45, 7) is 3.82. The van der Waals surface area contributed by atoms with E-state index in [0.29, 0.717) is 19.1 Å². The average molecular weight is 317 g/mol. The lowest BCUT2D eigenvalue weighted by atomic mass is 10.0. The van der Waals surface area contributed by atoms with E-state index in [1.807, 2.05) is 4.90 Å². The number of carbonyl (C=O) groups is 1. The van der Waals surface area contributed by atoms with Gasteiger partial charge in [0.05, 0.1) is 18.3 Å². The third-order valence-corrected chi connectivity index (χ3v) is 5.23. The van der Waals surface area contributed by atoms with Gasteiger partial charge in [-0.1, -0.05) is 0 Å². The molecule has 23 heavy (non-hydrogen) atoms. The van der Waals surface area contributed by atoms with Crippen molar-refractivity contribution in [3.8, 4) is 0 Å². The molecule has 124 valence electrons. The Morgan fingerprint density at radius 2 is 1.91 bits per heavy atom. The number of hydrogen-bond acceptors (Lipinski definition) is 5. The molecule has 0 bridgehead atoms. The lowest BCUT2D eigenvalue weighted by Gasteiger charge is -2.44. The van der Waals surface area contributed by atoms with E-state index in [4.69, 9.17) is 5.73 Å². The molecule has 1 aromatic rings. The number of hydrogen-bond donors (Lipinski definition) is 2. The van der Waals surface area contributed by atoms with Crippen molar-refractivity contribution in [2.75, 3.05) is 36.4 Å². The highest BCUT2D eigenvalue weighted by atomic mass is 16.2. The number of aromatic nitrogens is 1. The van der Waals surface area contributed by atoms with Crippen LogP contribution in [0.15, 0.2) is 16.9 Å². The first kappa shape index (κ1) is 14.7. The molecule has 7 heteroatoms. The van der Waals surface area contributed by atoms with Gasteiger partial charge in [0.1, 0.15) is 5.82 Å². The fraction of sp³-hybridized carbons (Fsp3) is 0.625. The van der Waals surface area contributed by atoms with Crippen LogP contribution in [0, 0.1) is 0 Å². The summed E-state index contributed by atoms with van der Waals surface area (Å²) < 4.78 is 1.72. The summed E-state index contributed by atoms with van der Waals surface area (Å²) in [5, 5.41) is 3.13. The minimum Gasteiger partial charge on any atom is -0.373 e. The summed E-state index contributed by atoms with van der Waals surface area (Å²) in [6, 6.07) is 3.81. The van der Waals surface area contributed by atoms with Crippen molar-refractivity contribution in [1.29, 1.82) is 0 Å². The van der Waals surface area contributed by atoms with Gasteiger partial charge in [-0.05, 0) is 38.4 Å². The van der Waals surface area contributed by atoms with Crippen LogP contribution >= 0.6 is 0 Å².